The van der Waals surface area contributed by atoms with Gasteiger partial charge in [0.1, 0.15) is 0 Å². The predicted molar refractivity (Wildman–Crippen MR) is 75.6 cm³/mol. The van der Waals surface area contributed by atoms with Crippen molar-refractivity contribution in [2.24, 2.45) is 11.3 Å². The van der Waals surface area contributed by atoms with Crippen LogP contribution in [0.1, 0.15) is 54.4 Å². The van der Waals surface area contributed by atoms with Crippen LogP contribution in [0.4, 0.5) is 0 Å². The zero-order valence-corrected chi connectivity index (χ0v) is 11.9. The second-order valence-electron chi connectivity index (χ2n) is 6.02. The Morgan fingerprint density at radius 2 is 1.81 bits per heavy atom. The second-order valence-corrected chi connectivity index (χ2v) is 6.02. The Morgan fingerprint density at radius 1 is 1.25 bits per heavy atom. The minimum atomic E-state index is 0.424. The van der Waals surface area contributed by atoms with Gasteiger partial charge in [0.25, 0.3) is 0 Å². The van der Waals surface area contributed by atoms with Gasteiger partial charge in [0.2, 0.25) is 0 Å². The quantitative estimate of drug-likeness (QED) is 0.535. The third-order valence-corrected chi connectivity index (χ3v) is 3.21. The largest absolute Gasteiger partial charge is 0.0961 e. The molecule has 0 bridgehead atoms. The van der Waals surface area contributed by atoms with Gasteiger partial charge in [-0.15, -0.1) is 0 Å². The van der Waals surface area contributed by atoms with E-state index in [1.807, 2.05) is 6.92 Å². The van der Waals surface area contributed by atoms with E-state index in [9.17, 15) is 0 Å². The van der Waals surface area contributed by atoms with E-state index >= 15 is 0 Å². The van der Waals surface area contributed by atoms with Crippen molar-refractivity contribution in [2.75, 3.05) is 0 Å². The van der Waals surface area contributed by atoms with Crippen LogP contribution in [0.2, 0.25) is 0 Å². The molecule has 0 nitrogen and oxygen atoms in total. The molecule has 0 amide bonds. The number of rotatable bonds is 5. The van der Waals surface area contributed by atoms with Gasteiger partial charge in [-0.05, 0) is 38.0 Å². The highest BCUT2D eigenvalue weighted by Crippen LogP contribution is 2.29. The molecule has 0 heteroatoms. The number of hydrogen-bond donors (Lipinski definition) is 0. The van der Waals surface area contributed by atoms with E-state index in [1.165, 1.54) is 18.4 Å². The van der Waals surface area contributed by atoms with E-state index in [0.717, 1.165) is 11.5 Å². The van der Waals surface area contributed by atoms with Crippen LogP contribution in [0.25, 0.3) is 0 Å². The molecular formula is C16H28. The van der Waals surface area contributed by atoms with Crippen LogP contribution in [0.3, 0.4) is 0 Å². The minimum Gasteiger partial charge on any atom is -0.0961 e. The Labute approximate surface area is 102 Å². The van der Waals surface area contributed by atoms with Gasteiger partial charge in [-0.25, -0.2) is 0 Å². The molecule has 0 N–H and O–H groups in total. The molecule has 0 fully saturated rings. The lowest BCUT2D eigenvalue weighted by Gasteiger charge is -2.27. The molecule has 0 radical (unpaired) electrons. The van der Waals surface area contributed by atoms with Crippen LogP contribution in [-0.2, 0) is 0 Å². The molecule has 0 aliphatic heterocycles. The van der Waals surface area contributed by atoms with Gasteiger partial charge >= 0.3 is 0 Å². The Balaban J connectivity index is 4.07. The molecule has 0 aliphatic rings. The summed E-state index contributed by atoms with van der Waals surface area (Å²) in [5.74, 6) is 0.765. The fourth-order valence-electron chi connectivity index (χ4n) is 1.34. The maximum absolute atomic E-state index is 3.84. The number of hydrogen-bond acceptors (Lipinski definition) is 0. The summed E-state index contributed by atoms with van der Waals surface area (Å²) in [6.07, 6.45) is 8.81. The summed E-state index contributed by atoms with van der Waals surface area (Å²) < 4.78 is 0. The Kier molecular flexibility index (Phi) is 6.40. The highest BCUT2D eigenvalue weighted by molar-refractivity contribution is 5.19. The first-order valence-corrected chi connectivity index (χ1v) is 6.23. The third-order valence-electron chi connectivity index (χ3n) is 3.21. The lowest BCUT2D eigenvalue weighted by atomic mass is 9.79. The SMILES string of the molecule is C=C(C)/C=C/C=C(\C)CCC(C)C(C)(C)C. The van der Waals surface area contributed by atoms with Gasteiger partial charge in [-0.3, -0.25) is 0 Å². The lowest BCUT2D eigenvalue weighted by Crippen LogP contribution is -2.17. The molecule has 0 heterocycles. The van der Waals surface area contributed by atoms with Crippen LogP contribution in [0.15, 0.2) is 36.0 Å². The summed E-state index contributed by atoms with van der Waals surface area (Å²) in [5, 5.41) is 0. The van der Waals surface area contributed by atoms with Gasteiger partial charge in [0, 0.05) is 0 Å². The van der Waals surface area contributed by atoms with E-state index in [-0.39, 0.29) is 0 Å². The van der Waals surface area contributed by atoms with Crippen molar-refractivity contribution in [3.05, 3.63) is 36.0 Å². The molecular weight excluding hydrogens is 192 g/mol. The van der Waals surface area contributed by atoms with Crippen LogP contribution < -0.4 is 0 Å². The fourth-order valence-corrected chi connectivity index (χ4v) is 1.34. The normalized spacial score (nSPS) is 15.5. The fraction of sp³-hybridized carbons (Fsp3) is 0.625. The monoisotopic (exact) mass is 220 g/mol. The molecule has 16 heavy (non-hydrogen) atoms. The van der Waals surface area contributed by atoms with Crippen LogP contribution in [-0.4, -0.2) is 0 Å². The molecule has 0 saturated heterocycles. The summed E-state index contributed by atoms with van der Waals surface area (Å²) in [6.45, 7) is 17.4. The minimum absolute atomic E-state index is 0.424. The molecule has 0 aromatic carbocycles. The second kappa shape index (κ2) is 6.73. The summed E-state index contributed by atoms with van der Waals surface area (Å²) in [7, 11) is 0. The number of allylic oxidation sites excluding steroid dienone is 5. The van der Waals surface area contributed by atoms with E-state index < -0.39 is 0 Å². The summed E-state index contributed by atoms with van der Waals surface area (Å²) in [5.41, 5.74) is 2.98. The van der Waals surface area contributed by atoms with E-state index in [2.05, 4.69) is 59.4 Å². The van der Waals surface area contributed by atoms with E-state index in [4.69, 9.17) is 0 Å². The van der Waals surface area contributed by atoms with Crippen molar-refractivity contribution >= 4 is 0 Å². The average molecular weight is 220 g/mol. The zero-order valence-electron chi connectivity index (χ0n) is 11.9. The molecule has 0 aliphatic carbocycles. The maximum Gasteiger partial charge on any atom is -0.0317 e. The van der Waals surface area contributed by atoms with E-state index in [1.54, 1.807) is 0 Å². The Morgan fingerprint density at radius 3 is 2.25 bits per heavy atom. The van der Waals surface area contributed by atoms with Gasteiger partial charge in [-0.2, -0.15) is 0 Å². The predicted octanol–water partition coefficient (Wildman–Crippen LogP) is 5.53. The maximum atomic E-state index is 3.84. The average Bonchev–Trinajstić information content (AvgIpc) is 2.11. The highest BCUT2D eigenvalue weighted by atomic mass is 14.2. The van der Waals surface area contributed by atoms with Crippen molar-refractivity contribution in [1.29, 1.82) is 0 Å². The van der Waals surface area contributed by atoms with E-state index in [0.29, 0.717) is 5.41 Å². The van der Waals surface area contributed by atoms with Crippen LogP contribution in [0.5, 0.6) is 0 Å². The molecule has 0 saturated carbocycles. The van der Waals surface area contributed by atoms with Crippen molar-refractivity contribution in [3.63, 3.8) is 0 Å². The highest BCUT2D eigenvalue weighted by Gasteiger charge is 2.19. The first kappa shape index (κ1) is 15.2. The van der Waals surface area contributed by atoms with Crippen LogP contribution in [0, 0.1) is 11.3 Å². The van der Waals surface area contributed by atoms with Crippen molar-refractivity contribution < 1.29 is 0 Å². The lowest BCUT2D eigenvalue weighted by molar-refractivity contribution is 0.247. The standard InChI is InChI=1S/C16H28/c1-13(2)9-8-10-14(3)11-12-15(4)16(5,6)7/h8-10,15H,1,11-12H2,2-7H3/b9-8+,14-10+. The van der Waals surface area contributed by atoms with Gasteiger partial charge in [-0.1, -0.05) is 63.6 Å². The van der Waals surface area contributed by atoms with Crippen molar-refractivity contribution in [1.82, 2.24) is 0 Å². The molecule has 0 aromatic rings. The smallest absolute Gasteiger partial charge is 0.0317 e. The third kappa shape index (κ3) is 7.50. The van der Waals surface area contributed by atoms with Crippen LogP contribution >= 0.6 is 0 Å². The van der Waals surface area contributed by atoms with Crippen molar-refractivity contribution in [2.45, 2.75) is 54.4 Å². The molecule has 92 valence electrons. The van der Waals surface area contributed by atoms with Gasteiger partial charge in [0.05, 0.1) is 0 Å². The molecule has 1 unspecified atom stereocenters. The van der Waals surface area contributed by atoms with Crippen molar-refractivity contribution in [3.8, 4) is 0 Å². The summed E-state index contributed by atoms with van der Waals surface area (Å²) in [6, 6.07) is 0. The molecule has 0 rings (SSSR count). The molecule has 0 aromatic heterocycles. The molecule has 1 atom stereocenters. The Bertz CT molecular complexity index is 271. The Hall–Kier alpha value is -0.780. The summed E-state index contributed by atoms with van der Waals surface area (Å²) in [4.78, 5) is 0. The van der Waals surface area contributed by atoms with Gasteiger partial charge in [0.15, 0.2) is 0 Å². The molecule has 0 spiro atoms. The van der Waals surface area contributed by atoms with Gasteiger partial charge < -0.3 is 0 Å². The topological polar surface area (TPSA) is 0 Å². The zero-order chi connectivity index (χ0) is 12.8. The summed E-state index contributed by atoms with van der Waals surface area (Å²) >= 11 is 0. The first-order chi connectivity index (χ1) is 7.23. The first-order valence-electron chi connectivity index (χ1n) is 6.23.